The SMILES string of the molecule is CCC(C)(C)C(=O)OC12CC3CC(C1)CC(OC(CO)CO)(C3)C2.CCC(C)(C)C(=O)OC12CC3CC(CC(OCC(O)CO)(C3)C1)C2.CCC(C)(C)C(=O)OC12CC3CC(CC(OCCO)(C3)C1)C2.CCC(C)(C)C(=O)OC12CC3CC4C1CC1CC2C(C3)C4(O)C1.CCC(C)C(=O)OC12CC3CC4C1CC1CC2C(C3)C4(O)C1. The Bertz CT molecular complexity index is 3460. The van der Waals surface area contributed by atoms with Gasteiger partial charge in [0.25, 0.3) is 0 Å². The summed E-state index contributed by atoms with van der Waals surface area (Å²) in [5, 5.41) is 69.4. The molecule has 26 aliphatic rings. The lowest BCUT2D eigenvalue weighted by Gasteiger charge is -2.75. The number of carbonyl (C=O) groups is 5. The highest BCUT2D eigenvalue weighted by Gasteiger charge is 2.79. The van der Waals surface area contributed by atoms with E-state index in [2.05, 4.69) is 13.8 Å². The Morgan fingerprint density at radius 3 is 0.974 bits per heavy atom. The van der Waals surface area contributed by atoms with E-state index in [1.54, 1.807) is 0 Å². The van der Waals surface area contributed by atoms with Gasteiger partial charge < -0.3 is 73.6 Å². The maximum absolute atomic E-state index is 12.9. The van der Waals surface area contributed by atoms with Gasteiger partial charge in [0.1, 0.15) is 40.2 Å². The summed E-state index contributed by atoms with van der Waals surface area (Å²) in [5.41, 5.74) is -4.94. The summed E-state index contributed by atoms with van der Waals surface area (Å²) in [7, 11) is 0. The molecule has 652 valence electrons. The molecular weight excluding hydrogens is 1460 g/mol. The molecule has 26 fully saturated rings. The Labute approximate surface area is 687 Å². The van der Waals surface area contributed by atoms with E-state index in [0.717, 1.165) is 148 Å². The average molecular weight is 1610 g/mol. The topological polar surface area (TPSA) is 301 Å². The molecule has 0 aromatic carbocycles. The maximum Gasteiger partial charge on any atom is 0.312 e. The van der Waals surface area contributed by atoms with Crippen LogP contribution in [0.15, 0.2) is 0 Å². The van der Waals surface area contributed by atoms with Crippen molar-refractivity contribution in [2.75, 3.05) is 39.6 Å². The average Bonchev–Trinajstić information content (AvgIpc) is 0.661. The lowest BCUT2D eigenvalue weighted by atomic mass is 9.32. The molecule has 0 aromatic rings. The van der Waals surface area contributed by atoms with E-state index in [1.807, 2.05) is 83.1 Å². The zero-order chi connectivity index (χ0) is 82.7. The molecule has 16 atom stereocenters. The van der Waals surface area contributed by atoms with Gasteiger partial charge in [0.15, 0.2) is 0 Å². The molecule has 0 amide bonds. The van der Waals surface area contributed by atoms with E-state index in [4.69, 9.17) is 48.1 Å². The van der Waals surface area contributed by atoms with Crippen LogP contribution in [-0.4, -0.2) is 173 Å². The summed E-state index contributed by atoms with van der Waals surface area (Å²) in [5.74, 6) is 9.11. The Morgan fingerprint density at radius 2 is 0.652 bits per heavy atom. The minimum Gasteiger partial charge on any atom is -0.459 e. The predicted octanol–water partition coefficient (Wildman–Crippen LogP) is 14.6. The molecular formula is C95H152O20. The molecule has 0 radical (unpaired) electrons. The normalized spacial score (nSPS) is 45.9. The quantitative estimate of drug-likeness (QED) is 0.0313. The van der Waals surface area contributed by atoms with E-state index in [0.29, 0.717) is 120 Å². The Balaban J connectivity index is 0.000000113. The van der Waals surface area contributed by atoms with Crippen molar-refractivity contribution in [3.63, 3.8) is 0 Å². The number of rotatable bonds is 26. The fourth-order valence-corrected chi connectivity index (χ4v) is 30.7. The van der Waals surface area contributed by atoms with Crippen LogP contribution in [0.1, 0.15) is 322 Å². The minimum atomic E-state index is -0.837. The van der Waals surface area contributed by atoms with Gasteiger partial charge in [-0.2, -0.15) is 0 Å². The number of aliphatic hydroxyl groups is 7. The van der Waals surface area contributed by atoms with Crippen molar-refractivity contribution in [2.45, 2.75) is 390 Å². The fourth-order valence-electron chi connectivity index (χ4n) is 30.7. The van der Waals surface area contributed by atoms with Crippen molar-refractivity contribution in [3.8, 4) is 0 Å². The van der Waals surface area contributed by atoms with Crippen molar-refractivity contribution in [1.29, 1.82) is 0 Å². The Hall–Kier alpha value is -3.05. The summed E-state index contributed by atoms with van der Waals surface area (Å²) in [6, 6.07) is 0. The number of carbonyl (C=O) groups excluding carboxylic acids is 5. The van der Waals surface area contributed by atoms with Crippen LogP contribution >= 0.6 is 0 Å². The molecule has 0 aromatic heterocycles. The molecule has 0 saturated heterocycles. The van der Waals surface area contributed by atoms with Gasteiger partial charge in [-0.15, -0.1) is 0 Å². The first-order valence-electron chi connectivity index (χ1n) is 46.7. The summed E-state index contributed by atoms with van der Waals surface area (Å²) in [4.78, 5) is 63.4. The van der Waals surface area contributed by atoms with Gasteiger partial charge in [-0.25, -0.2) is 0 Å². The molecule has 16 unspecified atom stereocenters. The molecule has 26 saturated carbocycles. The largest absolute Gasteiger partial charge is 0.459 e. The summed E-state index contributed by atoms with van der Waals surface area (Å²) < 4.78 is 49.5. The van der Waals surface area contributed by atoms with E-state index in [9.17, 15) is 49.5 Å². The molecule has 7 N–H and O–H groups in total. The van der Waals surface area contributed by atoms with Gasteiger partial charge in [-0.1, -0.05) is 41.5 Å². The highest BCUT2D eigenvalue weighted by Crippen LogP contribution is 2.77. The third-order valence-corrected chi connectivity index (χ3v) is 36.4. The van der Waals surface area contributed by atoms with Crippen LogP contribution in [-0.2, 0) is 61.9 Å². The molecule has 0 heterocycles. The number of hydrogen-bond donors (Lipinski definition) is 7. The van der Waals surface area contributed by atoms with Crippen LogP contribution in [0, 0.1) is 134 Å². The molecule has 26 rings (SSSR count). The van der Waals surface area contributed by atoms with Gasteiger partial charge in [-0.05, 0) is 344 Å². The van der Waals surface area contributed by atoms with E-state index >= 15 is 0 Å². The highest BCUT2D eigenvalue weighted by atomic mass is 16.6. The lowest BCUT2D eigenvalue weighted by molar-refractivity contribution is -0.345. The molecule has 28 bridgehead atoms. The van der Waals surface area contributed by atoms with Crippen molar-refractivity contribution in [1.82, 2.24) is 0 Å². The van der Waals surface area contributed by atoms with Crippen LogP contribution < -0.4 is 0 Å². The molecule has 0 spiro atoms. The van der Waals surface area contributed by atoms with Crippen LogP contribution in [0.5, 0.6) is 0 Å². The molecule has 20 nitrogen and oxygen atoms in total. The number of esters is 5. The monoisotopic (exact) mass is 1610 g/mol. The molecule has 115 heavy (non-hydrogen) atoms. The summed E-state index contributed by atoms with van der Waals surface area (Å²) >= 11 is 0. The summed E-state index contributed by atoms with van der Waals surface area (Å²) in [6.45, 7) is 27.9. The van der Waals surface area contributed by atoms with E-state index < -0.39 is 56.3 Å². The van der Waals surface area contributed by atoms with Gasteiger partial charge in [0.05, 0.1) is 95.2 Å². The molecule has 26 aliphatic carbocycles. The van der Waals surface area contributed by atoms with E-state index in [-0.39, 0.29) is 102 Å². The van der Waals surface area contributed by atoms with Gasteiger partial charge in [0.2, 0.25) is 0 Å². The van der Waals surface area contributed by atoms with Crippen molar-refractivity contribution >= 4 is 29.8 Å². The van der Waals surface area contributed by atoms with Gasteiger partial charge in [-0.3, -0.25) is 24.0 Å². The fraction of sp³-hybridized carbons (Fsp3) is 0.947. The number of hydrogen-bond acceptors (Lipinski definition) is 20. The summed E-state index contributed by atoms with van der Waals surface area (Å²) in [6.07, 6.45) is 33.9. The first kappa shape index (κ1) is 86.9. The zero-order valence-electron chi connectivity index (χ0n) is 73.1. The number of ether oxygens (including phenoxy) is 8. The third-order valence-electron chi connectivity index (χ3n) is 36.4. The second-order valence-electron chi connectivity index (χ2n) is 46.0. The zero-order valence-corrected chi connectivity index (χ0v) is 73.1. The maximum atomic E-state index is 12.9. The standard InChI is InChI=1S/C20H30O3.2C19H32O5.C19H28O3.C18H30O4/c1-4-18(2,3)17(21)23-20-10-12-5-13-15(20)7-11-8-16(20)14(6-12)19(13,22)9-11;1-4-17(2,3)16(22)24-19-8-13-5-14(9-19)7-18(6-13,12-19)23-11-15(21)10-20;1-4-17(2,3)16(22)24-19-8-13-5-14(9-19)7-18(6-13,12-19)23-15(10-20)11-21;1-3-10(2)17(20)22-19-9-12-4-13-15(19)6-11-7-16(19)14(5-12)18(13,21)8-11;1-4-16(2,3)15(20)22-18-10-13-7-14(11-18)9-17(8-13,12-18)21-6-5-19/h11-16,22H,4-10H2,1-3H3;2*13-15,20-21H,4-12H2,1-3H3;10-16,21H,3-9H2,1-2H3;13-14,19H,4-12H2,1-3H3. The van der Waals surface area contributed by atoms with Crippen molar-refractivity contribution in [3.05, 3.63) is 0 Å². The molecule has 20 heteroatoms. The minimum absolute atomic E-state index is 0.000451. The van der Waals surface area contributed by atoms with Gasteiger partial charge >= 0.3 is 29.8 Å². The smallest absolute Gasteiger partial charge is 0.312 e. The van der Waals surface area contributed by atoms with Crippen LogP contribution in [0.4, 0.5) is 0 Å². The van der Waals surface area contributed by atoms with Crippen LogP contribution in [0.25, 0.3) is 0 Å². The van der Waals surface area contributed by atoms with Crippen molar-refractivity contribution < 1.29 is 97.6 Å². The third kappa shape index (κ3) is 15.5. The predicted molar refractivity (Wildman–Crippen MR) is 430 cm³/mol. The Kier molecular flexibility index (Phi) is 23.4. The van der Waals surface area contributed by atoms with Gasteiger partial charge in [0, 0.05) is 42.9 Å². The second-order valence-corrected chi connectivity index (χ2v) is 46.0. The highest BCUT2D eigenvalue weighted by molar-refractivity contribution is 5.78. The van der Waals surface area contributed by atoms with Crippen LogP contribution in [0.2, 0.25) is 0 Å². The number of aliphatic hydroxyl groups excluding tert-OH is 5. The first-order valence-corrected chi connectivity index (χ1v) is 46.7. The second kappa shape index (κ2) is 31.0. The van der Waals surface area contributed by atoms with Crippen molar-refractivity contribution in [2.24, 2.45) is 134 Å². The van der Waals surface area contributed by atoms with Crippen LogP contribution in [0.3, 0.4) is 0 Å². The molecule has 0 aliphatic heterocycles. The van der Waals surface area contributed by atoms with E-state index in [1.165, 1.54) is 70.6 Å². The first-order chi connectivity index (χ1) is 54.1. The Morgan fingerprint density at radius 1 is 0.357 bits per heavy atom. The lowest BCUT2D eigenvalue weighted by Crippen LogP contribution is -2.78.